The Bertz CT molecular complexity index is 844. The zero-order chi connectivity index (χ0) is 17.1. The van der Waals surface area contributed by atoms with Gasteiger partial charge in [0.15, 0.2) is 5.82 Å². The molecule has 3 heterocycles. The normalized spacial score (nSPS) is 20.4. The van der Waals surface area contributed by atoms with E-state index in [0.717, 1.165) is 4.88 Å². The fraction of sp³-hybridized carbons (Fsp3) is 0.211. The Morgan fingerprint density at radius 3 is 2.72 bits per heavy atom. The molecule has 0 aliphatic carbocycles. The predicted molar refractivity (Wildman–Crippen MR) is 96.2 cm³/mol. The second-order valence-corrected chi connectivity index (χ2v) is 6.98. The summed E-state index contributed by atoms with van der Waals surface area (Å²) in [4.78, 5) is 19.8. The van der Waals surface area contributed by atoms with Gasteiger partial charge in [0.2, 0.25) is 12.3 Å². The number of carbonyl (C=O) groups is 1. The van der Waals surface area contributed by atoms with Crippen LogP contribution in [0, 0.1) is 0 Å². The summed E-state index contributed by atoms with van der Waals surface area (Å²) < 4.78 is 4.93. The third kappa shape index (κ3) is 3.39. The van der Waals surface area contributed by atoms with Crippen LogP contribution in [0.1, 0.15) is 28.1 Å². The van der Waals surface area contributed by atoms with Crippen molar-refractivity contribution in [1.82, 2.24) is 15.0 Å². The van der Waals surface area contributed by atoms with Gasteiger partial charge in [0, 0.05) is 35.9 Å². The number of hydrogen-bond donors (Lipinski definition) is 0. The van der Waals surface area contributed by atoms with Gasteiger partial charge in [-0.1, -0.05) is 41.6 Å². The molecular formula is C19H17N3O2S. The standard InChI is InChI=1S/C19H17N3O2S/c23-18(9-8-15-7-4-10-25-15)22-11-16(14-5-2-1-3-6-14)17(12-22)19-20-13-24-21-19/h1-10,13,16-17H,11-12H2/b9-8-/t16-,17-/m1/s1. The lowest BCUT2D eigenvalue weighted by Crippen LogP contribution is -2.27. The summed E-state index contributed by atoms with van der Waals surface area (Å²) in [6.45, 7) is 1.24. The van der Waals surface area contributed by atoms with Crippen LogP contribution < -0.4 is 0 Å². The fourth-order valence-corrected chi connectivity index (χ4v) is 3.89. The molecule has 1 fully saturated rings. The minimum atomic E-state index is 0.0142. The van der Waals surface area contributed by atoms with E-state index in [4.69, 9.17) is 4.52 Å². The molecule has 4 rings (SSSR count). The summed E-state index contributed by atoms with van der Waals surface area (Å²) in [7, 11) is 0. The molecule has 1 amide bonds. The Morgan fingerprint density at radius 2 is 2.00 bits per heavy atom. The maximum absolute atomic E-state index is 12.6. The highest BCUT2D eigenvalue weighted by Gasteiger charge is 2.38. The minimum Gasteiger partial charge on any atom is -0.343 e. The van der Waals surface area contributed by atoms with E-state index in [9.17, 15) is 4.79 Å². The van der Waals surface area contributed by atoms with Crippen molar-refractivity contribution in [2.24, 2.45) is 0 Å². The summed E-state index contributed by atoms with van der Waals surface area (Å²) in [6, 6.07) is 14.2. The molecule has 25 heavy (non-hydrogen) atoms. The van der Waals surface area contributed by atoms with Crippen LogP contribution in [0.25, 0.3) is 6.08 Å². The molecule has 1 aliphatic heterocycles. The Morgan fingerprint density at radius 1 is 1.16 bits per heavy atom. The lowest BCUT2D eigenvalue weighted by atomic mass is 9.88. The zero-order valence-electron chi connectivity index (χ0n) is 13.5. The highest BCUT2D eigenvalue weighted by atomic mass is 32.1. The summed E-state index contributed by atoms with van der Waals surface area (Å²) >= 11 is 1.61. The third-order valence-electron chi connectivity index (χ3n) is 4.50. The van der Waals surface area contributed by atoms with Crippen molar-refractivity contribution >= 4 is 23.3 Å². The summed E-state index contributed by atoms with van der Waals surface area (Å²) in [5, 5.41) is 6.01. The molecule has 0 N–H and O–H groups in total. The maximum Gasteiger partial charge on any atom is 0.246 e. The number of likely N-dealkylation sites (tertiary alicyclic amines) is 1. The molecular weight excluding hydrogens is 334 g/mol. The van der Waals surface area contributed by atoms with Crippen molar-refractivity contribution in [1.29, 1.82) is 0 Å². The van der Waals surface area contributed by atoms with Gasteiger partial charge in [0.05, 0.1) is 0 Å². The van der Waals surface area contributed by atoms with Gasteiger partial charge in [0.1, 0.15) is 0 Å². The van der Waals surface area contributed by atoms with Gasteiger partial charge < -0.3 is 9.42 Å². The lowest BCUT2D eigenvalue weighted by Gasteiger charge is -2.15. The van der Waals surface area contributed by atoms with E-state index in [-0.39, 0.29) is 17.7 Å². The van der Waals surface area contributed by atoms with E-state index in [2.05, 4.69) is 22.3 Å². The quantitative estimate of drug-likeness (QED) is 0.675. The summed E-state index contributed by atoms with van der Waals surface area (Å²) in [5.74, 6) is 0.879. The van der Waals surface area contributed by atoms with Gasteiger partial charge in [-0.05, 0) is 23.1 Å². The summed E-state index contributed by atoms with van der Waals surface area (Å²) in [6.07, 6.45) is 4.86. The van der Waals surface area contributed by atoms with Gasteiger partial charge in [-0.2, -0.15) is 4.98 Å². The van der Waals surface area contributed by atoms with Crippen LogP contribution in [0.4, 0.5) is 0 Å². The molecule has 6 heteroatoms. The number of rotatable bonds is 4. The first-order chi connectivity index (χ1) is 12.3. The van der Waals surface area contributed by atoms with Gasteiger partial charge in [-0.3, -0.25) is 4.79 Å². The Kier molecular flexibility index (Phi) is 4.43. The lowest BCUT2D eigenvalue weighted by molar-refractivity contribution is -0.125. The van der Waals surface area contributed by atoms with Crippen molar-refractivity contribution in [2.45, 2.75) is 11.8 Å². The Labute approximate surface area is 149 Å². The van der Waals surface area contributed by atoms with E-state index < -0.39 is 0 Å². The average molecular weight is 351 g/mol. The third-order valence-corrected chi connectivity index (χ3v) is 5.34. The molecule has 5 nitrogen and oxygen atoms in total. The molecule has 126 valence electrons. The van der Waals surface area contributed by atoms with Gasteiger partial charge in [0.25, 0.3) is 0 Å². The van der Waals surface area contributed by atoms with Crippen LogP contribution in [-0.4, -0.2) is 34.0 Å². The molecule has 3 aromatic rings. The van der Waals surface area contributed by atoms with Gasteiger partial charge in [-0.25, -0.2) is 0 Å². The Balaban J connectivity index is 1.56. The molecule has 0 spiro atoms. The number of aromatic nitrogens is 2. The van der Waals surface area contributed by atoms with Crippen LogP contribution >= 0.6 is 11.3 Å². The van der Waals surface area contributed by atoms with Crippen molar-refractivity contribution in [3.05, 3.63) is 76.6 Å². The second kappa shape index (κ2) is 7.03. The van der Waals surface area contributed by atoms with E-state index in [1.807, 2.05) is 46.7 Å². The van der Waals surface area contributed by atoms with Crippen LogP contribution in [0.3, 0.4) is 0 Å². The average Bonchev–Trinajstić information content (AvgIpc) is 3.41. The molecule has 1 aromatic carbocycles. The number of benzene rings is 1. The van der Waals surface area contributed by atoms with Crippen molar-refractivity contribution in [2.75, 3.05) is 13.1 Å². The topological polar surface area (TPSA) is 59.2 Å². The Hall–Kier alpha value is -2.73. The molecule has 1 saturated heterocycles. The number of amides is 1. The first kappa shape index (κ1) is 15.8. The minimum absolute atomic E-state index is 0.0142. The monoisotopic (exact) mass is 351 g/mol. The number of carbonyl (C=O) groups excluding carboxylic acids is 1. The predicted octanol–water partition coefficient (Wildman–Crippen LogP) is 3.55. The van der Waals surface area contributed by atoms with Gasteiger partial charge >= 0.3 is 0 Å². The smallest absolute Gasteiger partial charge is 0.246 e. The molecule has 2 aromatic heterocycles. The van der Waals surface area contributed by atoms with Crippen molar-refractivity contribution in [3.63, 3.8) is 0 Å². The van der Waals surface area contributed by atoms with Crippen LogP contribution in [0.5, 0.6) is 0 Å². The zero-order valence-corrected chi connectivity index (χ0v) is 14.3. The van der Waals surface area contributed by atoms with E-state index >= 15 is 0 Å². The first-order valence-electron chi connectivity index (χ1n) is 8.13. The highest BCUT2D eigenvalue weighted by molar-refractivity contribution is 7.10. The number of hydrogen-bond acceptors (Lipinski definition) is 5. The second-order valence-electron chi connectivity index (χ2n) is 6.01. The molecule has 0 bridgehead atoms. The van der Waals surface area contributed by atoms with Crippen LogP contribution in [0.2, 0.25) is 0 Å². The fourth-order valence-electron chi connectivity index (χ4n) is 3.27. The van der Waals surface area contributed by atoms with E-state index in [1.54, 1.807) is 17.4 Å². The van der Waals surface area contributed by atoms with Crippen LogP contribution in [0.15, 0.2) is 64.8 Å². The molecule has 0 unspecified atom stereocenters. The first-order valence-corrected chi connectivity index (χ1v) is 9.01. The molecule has 2 atom stereocenters. The number of nitrogens with zero attached hydrogens (tertiary/aromatic N) is 3. The van der Waals surface area contributed by atoms with E-state index in [1.165, 1.54) is 12.0 Å². The highest BCUT2D eigenvalue weighted by Crippen LogP contribution is 2.38. The van der Waals surface area contributed by atoms with Crippen molar-refractivity contribution < 1.29 is 9.32 Å². The van der Waals surface area contributed by atoms with Gasteiger partial charge in [-0.15, -0.1) is 11.3 Å². The summed E-state index contributed by atoms with van der Waals surface area (Å²) in [5.41, 5.74) is 1.19. The SMILES string of the molecule is O=C(/C=C\c1cccs1)N1C[C@H](c2ccccc2)[C@H](c2ncon2)C1. The van der Waals surface area contributed by atoms with Crippen LogP contribution in [-0.2, 0) is 4.79 Å². The van der Waals surface area contributed by atoms with Crippen molar-refractivity contribution in [3.8, 4) is 0 Å². The maximum atomic E-state index is 12.6. The molecule has 0 radical (unpaired) electrons. The number of thiophene rings is 1. The van der Waals surface area contributed by atoms with E-state index in [0.29, 0.717) is 18.9 Å². The molecule has 0 saturated carbocycles. The largest absolute Gasteiger partial charge is 0.343 e. The molecule has 1 aliphatic rings.